The summed E-state index contributed by atoms with van der Waals surface area (Å²) in [5.74, 6) is -1.51. The Bertz CT molecular complexity index is 1380. The number of aryl methyl sites for hydroxylation is 1. The predicted molar refractivity (Wildman–Crippen MR) is 159 cm³/mol. The number of pyridine rings is 1. The van der Waals surface area contributed by atoms with E-state index in [4.69, 9.17) is 0 Å². The molecule has 4 rings (SSSR count). The van der Waals surface area contributed by atoms with Crippen LogP contribution in [-0.2, 0) is 9.59 Å². The molecule has 0 aliphatic carbocycles. The fourth-order valence-corrected chi connectivity index (χ4v) is 6.21. The smallest absolute Gasteiger partial charge is 0.243 e. The molecule has 10 heteroatoms. The zero-order valence-corrected chi connectivity index (χ0v) is 25.8. The first-order chi connectivity index (χ1) is 18.8. The second-order valence-electron chi connectivity index (χ2n) is 11.5. The molecule has 3 heterocycles. The van der Waals surface area contributed by atoms with Crippen LogP contribution in [0.15, 0.2) is 52.7 Å². The lowest BCUT2D eigenvalue weighted by Gasteiger charge is -2.35. The predicted octanol–water partition coefficient (Wildman–Crippen LogP) is 5.35. The number of rotatable bonds is 8. The number of benzene rings is 1. The molecule has 1 fully saturated rings. The highest BCUT2D eigenvalue weighted by atomic mass is 79.9. The van der Waals surface area contributed by atoms with Crippen LogP contribution in [0.25, 0.3) is 10.4 Å². The summed E-state index contributed by atoms with van der Waals surface area (Å²) >= 11 is 4.92. The number of aliphatic hydroxyl groups excluding tert-OH is 1. The lowest BCUT2D eigenvalue weighted by atomic mass is 9.76. The topological polar surface area (TPSA) is 112 Å². The van der Waals surface area contributed by atoms with Gasteiger partial charge in [0.05, 0.1) is 34.1 Å². The van der Waals surface area contributed by atoms with Gasteiger partial charge >= 0.3 is 0 Å². The second kappa shape index (κ2) is 12.3. The third-order valence-electron chi connectivity index (χ3n) is 7.40. The van der Waals surface area contributed by atoms with Crippen LogP contribution in [0, 0.1) is 18.3 Å². The number of Topliss-reactive ketones (excluding diaryl/α,β-unsaturated/α-hetero) is 1. The zero-order valence-electron chi connectivity index (χ0n) is 23.3. The molecule has 212 valence electrons. The number of nitrogens with zero attached hydrogens (tertiary/aromatic N) is 3. The van der Waals surface area contributed by atoms with Crippen LogP contribution in [0.2, 0.25) is 0 Å². The van der Waals surface area contributed by atoms with Crippen LogP contribution in [0.1, 0.15) is 68.2 Å². The molecule has 4 atom stereocenters. The number of carbonyl (C=O) groups is 3. The first-order valence-corrected chi connectivity index (χ1v) is 15.0. The number of hydrogen-bond donors (Lipinski definition) is 2. The second-order valence-corrected chi connectivity index (χ2v) is 13.2. The number of aromatic nitrogens is 2. The number of nitrogens with one attached hydrogen (secondary N) is 1. The summed E-state index contributed by atoms with van der Waals surface area (Å²) in [5.41, 5.74) is 4.66. The highest BCUT2D eigenvalue weighted by molar-refractivity contribution is 9.10. The number of β-amino-alcohol motifs (C(OH)–C–C–N with tert-alkyl or cyclic N) is 1. The van der Waals surface area contributed by atoms with E-state index in [1.54, 1.807) is 23.6 Å². The van der Waals surface area contributed by atoms with Gasteiger partial charge in [-0.1, -0.05) is 45.0 Å². The normalized spacial score (nSPS) is 18.8. The van der Waals surface area contributed by atoms with E-state index >= 15 is 0 Å². The molecule has 1 aliphatic heterocycles. The number of ketones is 1. The van der Waals surface area contributed by atoms with Crippen molar-refractivity contribution in [3.8, 4) is 10.4 Å². The van der Waals surface area contributed by atoms with Crippen molar-refractivity contribution in [2.45, 2.75) is 65.6 Å². The number of hydrogen-bond acceptors (Lipinski definition) is 7. The van der Waals surface area contributed by atoms with Crippen molar-refractivity contribution < 1.29 is 19.5 Å². The molecule has 1 aliphatic rings. The molecular formula is C30H35BrN4O4S. The Hall–Kier alpha value is -2.95. The molecule has 0 unspecified atom stereocenters. The Morgan fingerprint density at radius 3 is 2.50 bits per heavy atom. The van der Waals surface area contributed by atoms with Gasteiger partial charge in [-0.2, -0.15) is 0 Å². The standard InChI is InChI=1S/C30H35BrN4O4S/c1-17(19-6-8-20(9-7-19)27-18(2)33-16-40-27)34-28(38)25-11-23(36)15-35(25)29(39)24(30(3,4)5)12-26(37)21-10-22(31)14-32-13-21/h6-10,13-14,16-17,23-25,36H,11-12,15H2,1-5H3,(H,34,38)/t17-,23+,24+,25-/m0/s1. The molecular weight excluding hydrogens is 592 g/mol. The summed E-state index contributed by atoms with van der Waals surface area (Å²) in [4.78, 5) is 51.4. The fourth-order valence-electron chi connectivity index (χ4n) is 5.03. The molecule has 2 aromatic heterocycles. The molecule has 1 aromatic carbocycles. The quantitative estimate of drug-likeness (QED) is 0.326. The van der Waals surface area contributed by atoms with Gasteiger partial charge in [-0.15, -0.1) is 11.3 Å². The lowest BCUT2D eigenvalue weighted by Crippen LogP contribution is -2.50. The van der Waals surface area contributed by atoms with Gasteiger partial charge in [0, 0.05) is 41.8 Å². The van der Waals surface area contributed by atoms with Crippen LogP contribution in [-0.4, -0.2) is 56.3 Å². The maximum Gasteiger partial charge on any atom is 0.243 e. The van der Waals surface area contributed by atoms with Crippen molar-refractivity contribution in [1.82, 2.24) is 20.2 Å². The molecule has 0 bridgehead atoms. The van der Waals surface area contributed by atoms with Crippen molar-refractivity contribution in [3.63, 3.8) is 0 Å². The molecule has 0 radical (unpaired) electrons. The number of likely N-dealkylation sites (tertiary alicyclic amines) is 1. The molecule has 40 heavy (non-hydrogen) atoms. The third-order valence-corrected chi connectivity index (χ3v) is 8.81. The van der Waals surface area contributed by atoms with Gasteiger partial charge < -0.3 is 15.3 Å². The van der Waals surface area contributed by atoms with Gasteiger partial charge in [-0.25, -0.2) is 4.98 Å². The minimum Gasteiger partial charge on any atom is -0.391 e. The molecule has 2 N–H and O–H groups in total. The van der Waals surface area contributed by atoms with E-state index in [0.717, 1.165) is 21.7 Å². The Labute approximate surface area is 247 Å². The number of carbonyl (C=O) groups excluding carboxylic acids is 3. The van der Waals surface area contributed by atoms with E-state index in [1.807, 2.05) is 64.4 Å². The molecule has 8 nitrogen and oxygen atoms in total. The third kappa shape index (κ3) is 6.85. The van der Waals surface area contributed by atoms with Gasteiger partial charge in [0.2, 0.25) is 11.8 Å². The van der Waals surface area contributed by atoms with E-state index in [9.17, 15) is 19.5 Å². The van der Waals surface area contributed by atoms with Crippen molar-refractivity contribution in [1.29, 1.82) is 0 Å². The van der Waals surface area contributed by atoms with Crippen LogP contribution < -0.4 is 5.32 Å². The van der Waals surface area contributed by atoms with Crippen LogP contribution in [0.3, 0.4) is 0 Å². The number of aliphatic hydroxyl groups is 1. The van der Waals surface area contributed by atoms with Gasteiger partial charge in [0.1, 0.15) is 6.04 Å². The van der Waals surface area contributed by atoms with Crippen molar-refractivity contribution in [3.05, 3.63) is 69.5 Å². The highest BCUT2D eigenvalue weighted by Gasteiger charge is 2.44. The van der Waals surface area contributed by atoms with Crippen LogP contribution in [0.5, 0.6) is 0 Å². The Kier molecular flexibility index (Phi) is 9.22. The summed E-state index contributed by atoms with van der Waals surface area (Å²) in [7, 11) is 0. The average Bonchev–Trinajstić information content (AvgIpc) is 3.51. The van der Waals surface area contributed by atoms with Gasteiger partial charge in [0.15, 0.2) is 5.78 Å². The van der Waals surface area contributed by atoms with Crippen LogP contribution in [0.4, 0.5) is 0 Å². The van der Waals surface area contributed by atoms with Crippen LogP contribution >= 0.6 is 27.3 Å². The van der Waals surface area contributed by atoms with Crippen molar-refractivity contribution >= 4 is 44.9 Å². The molecule has 3 aromatic rings. The van der Waals surface area contributed by atoms with E-state index < -0.39 is 23.5 Å². The van der Waals surface area contributed by atoms with E-state index in [1.165, 1.54) is 11.1 Å². The van der Waals surface area contributed by atoms with Gasteiger partial charge in [0.25, 0.3) is 0 Å². The number of amides is 2. The summed E-state index contributed by atoms with van der Waals surface area (Å²) in [6.45, 7) is 9.64. The lowest BCUT2D eigenvalue weighted by molar-refractivity contribution is -0.144. The summed E-state index contributed by atoms with van der Waals surface area (Å²) in [6.07, 6.45) is 2.38. The largest absolute Gasteiger partial charge is 0.391 e. The Morgan fingerprint density at radius 2 is 1.90 bits per heavy atom. The monoisotopic (exact) mass is 626 g/mol. The van der Waals surface area contributed by atoms with Gasteiger partial charge in [-0.05, 0) is 52.4 Å². The summed E-state index contributed by atoms with van der Waals surface area (Å²) in [5, 5.41) is 13.5. The highest BCUT2D eigenvalue weighted by Crippen LogP contribution is 2.34. The maximum absolute atomic E-state index is 13.9. The first kappa shape index (κ1) is 30.0. The van der Waals surface area contributed by atoms with Crippen molar-refractivity contribution in [2.75, 3.05) is 6.54 Å². The minimum absolute atomic E-state index is 0.0244. The number of thiazole rings is 1. The molecule has 1 saturated heterocycles. The fraction of sp³-hybridized carbons (Fsp3) is 0.433. The zero-order chi connectivity index (χ0) is 29.2. The summed E-state index contributed by atoms with van der Waals surface area (Å²) in [6, 6.07) is 8.54. The van der Waals surface area contributed by atoms with E-state index in [2.05, 4.69) is 31.2 Å². The van der Waals surface area contributed by atoms with Crippen molar-refractivity contribution in [2.24, 2.45) is 11.3 Å². The molecule has 2 amide bonds. The number of halogens is 1. The average molecular weight is 628 g/mol. The Morgan fingerprint density at radius 1 is 1.20 bits per heavy atom. The first-order valence-electron chi connectivity index (χ1n) is 13.3. The Balaban J connectivity index is 1.48. The molecule has 0 spiro atoms. The summed E-state index contributed by atoms with van der Waals surface area (Å²) < 4.78 is 0.679. The maximum atomic E-state index is 13.9. The minimum atomic E-state index is -0.823. The van der Waals surface area contributed by atoms with E-state index in [-0.39, 0.29) is 43.0 Å². The molecule has 0 saturated carbocycles. The van der Waals surface area contributed by atoms with E-state index in [0.29, 0.717) is 10.0 Å². The van der Waals surface area contributed by atoms with Gasteiger partial charge in [-0.3, -0.25) is 19.4 Å². The SMILES string of the molecule is Cc1ncsc1-c1ccc([C@H](C)NC(=O)[C@@H]2C[C@@H](O)CN2C(=O)[C@@H](CC(=O)c2cncc(Br)c2)C(C)(C)C)cc1.